The zero-order chi connectivity index (χ0) is 17.3. The largest absolute Gasteiger partial charge is 0.354 e. The minimum absolute atomic E-state index is 0.000891. The molecule has 1 heterocycles. The smallest absolute Gasteiger partial charge is 0.264 e. The number of hydrogen-bond donors (Lipinski definition) is 1. The predicted molar refractivity (Wildman–Crippen MR) is 94.2 cm³/mol. The molecule has 0 aliphatic rings. The summed E-state index contributed by atoms with van der Waals surface area (Å²) in [5.41, 5.74) is 0.595. The minimum atomic E-state index is -3.97. The van der Waals surface area contributed by atoms with E-state index in [-0.39, 0.29) is 20.8 Å². The van der Waals surface area contributed by atoms with Crippen molar-refractivity contribution < 1.29 is 12.9 Å². The van der Waals surface area contributed by atoms with E-state index < -0.39 is 10.0 Å². The summed E-state index contributed by atoms with van der Waals surface area (Å²) in [4.78, 5) is -0.154. The molecule has 3 rings (SSSR count). The van der Waals surface area contributed by atoms with Gasteiger partial charge in [-0.05, 0) is 30.3 Å². The van der Waals surface area contributed by atoms with Crippen LogP contribution in [0.15, 0.2) is 57.9 Å². The molecule has 0 saturated carbocycles. The van der Waals surface area contributed by atoms with Crippen molar-refractivity contribution in [2.24, 2.45) is 0 Å². The summed E-state index contributed by atoms with van der Waals surface area (Å²) in [6.07, 6.45) is 0. The van der Waals surface area contributed by atoms with E-state index in [1.807, 2.05) is 0 Å². The molecule has 0 saturated heterocycles. The summed E-state index contributed by atoms with van der Waals surface area (Å²) in [5.74, 6) is 0.330. The third kappa shape index (κ3) is 3.52. The maximum Gasteiger partial charge on any atom is 0.264 e. The van der Waals surface area contributed by atoms with Crippen LogP contribution in [0.25, 0.3) is 11.3 Å². The van der Waals surface area contributed by atoms with Crippen molar-refractivity contribution >= 4 is 50.6 Å². The van der Waals surface area contributed by atoms with E-state index in [0.29, 0.717) is 16.3 Å². The molecule has 0 amide bonds. The Balaban J connectivity index is 1.92. The second kappa shape index (κ2) is 6.64. The average molecular weight is 404 g/mol. The van der Waals surface area contributed by atoms with E-state index in [0.717, 1.165) is 0 Å². The lowest BCUT2D eigenvalue weighted by Crippen LogP contribution is -2.13. The van der Waals surface area contributed by atoms with Gasteiger partial charge in [0.25, 0.3) is 10.0 Å². The molecule has 124 valence electrons. The van der Waals surface area contributed by atoms with Crippen LogP contribution in [0.3, 0.4) is 0 Å². The Bertz CT molecular complexity index is 1000. The molecule has 0 aliphatic carbocycles. The van der Waals surface area contributed by atoms with E-state index in [2.05, 4.69) is 9.88 Å². The van der Waals surface area contributed by atoms with Crippen molar-refractivity contribution in [3.8, 4) is 11.3 Å². The lowest BCUT2D eigenvalue weighted by Gasteiger charge is -2.07. The zero-order valence-electron chi connectivity index (χ0n) is 11.8. The number of aromatic nitrogens is 1. The number of sulfonamides is 1. The molecule has 5 nitrogen and oxygen atoms in total. The molecular weight excluding hydrogens is 395 g/mol. The molecule has 0 fully saturated rings. The molecule has 0 radical (unpaired) electrons. The van der Waals surface area contributed by atoms with Gasteiger partial charge in [-0.2, -0.15) is 0 Å². The Kier molecular flexibility index (Phi) is 4.73. The first-order chi connectivity index (χ1) is 11.4. The summed E-state index contributed by atoms with van der Waals surface area (Å²) >= 11 is 17.8. The van der Waals surface area contributed by atoms with Gasteiger partial charge in [0.1, 0.15) is 4.90 Å². The van der Waals surface area contributed by atoms with E-state index in [1.54, 1.807) is 24.3 Å². The number of nitrogens with one attached hydrogen (secondary N) is 1. The minimum Gasteiger partial charge on any atom is -0.354 e. The normalized spacial score (nSPS) is 11.5. The molecule has 0 spiro atoms. The van der Waals surface area contributed by atoms with Crippen LogP contribution in [-0.2, 0) is 10.0 Å². The first-order valence-corrected chi connectivity index (χ1v) is 9.18. The molecular formula is C15H9Cl3N2O3S. The number of rotatable bonds is 4. The van der Waals surface area contributed by atoms with Gasteiger partial charge in [0, 0.05) is 16.7 Å². The van der Waals surface area contributed by atoms with E-state index in [9.17, 15) is 8.42 Å². The number of hydrogen-bond acceptors (Lipinski definition) is 4. The summed E-state index contributed by atoms with van der Waals surface area (Å²) in [6, 6.07) is 12.5. The molecule has 0 aliphatic heterocycles. The molecule has 24 heavy (non-hydrogen) atoms. The number of benzene rings is 2. The predicted octanol–water partition coefficient (Wildman–Crippen LogP) is 5.10. The number of halogens is 3. The fourth-order valence-corrected chi connectivity index (χ4v) is 3.96. The summed E-state index contributed by atoms with van der Waals surface area (Å²) in [5, 5.41) is 4.45. The maximum absolute atomic E-state index is 12.4. The first-order valence-electron chi connectivity index (χ1n) is 6.56. The van der Waals surface area contributed by atoms with Crippen LogP contribution in [-0.4, -0.2) is 13.6 Å². The summed E-state index contributed by atoms with van der Waals surface area (Å²) < 4.78 is 32.3. The topological polar surface area (TPSA) is 72.2 Å². The van der Waals surface area contributed by atoms with Crippen molar-refractivity contribution in [1.82, 2.24) is 5.16 Å². The van der Waals surface area contributed by atoms with Crippen LogP contribution in [0.2, 0.25) is 15.1 Å². The van der Waals surface area contributed by atoms with E-state index in [4.69, 9.17) is 39.3 Å². The molecule has 3 aromatic rings. The molecule has 0 bridgehead atoms. The van der Waals surface area contributed by atoms with Gasteiger partial charge in [-0.1, -0.05) is 52.1 Å². The van der Waals surface area contributed by atoms with Crippen LogP contribution >= 0.6 is 34.8 Å². The first kappa shape index (κ1) is 17.1. The third-order valence-corrected chi connectivity index (χ3v) is 5.47. The monoisotopic (exact) mass is 402 g/mol. The average Bonchev–Trinajstić information content (AvgIpc) is 2.97. The summed E-state index contributed by atoms with van der Waals surface area (Å²) in [6.45, 7) is 0. The van der Waals surface area contributed by atoms with Gasteiger partial charge in [0.15, 0.2) is 11.6 Å². The Labute approximate surface area is 153 Å². The lowest BCUT2D eigenvalue weighted by atomic mass is 10.2. The number of nitrogens with zero attached hydrogens (tertiary/aromatic N) is 1. The molecule has 0 atom stereocenters. The second-order valence-corrected chi connectivity index (χ2v) is 7.64. The van der Waals surface area contributed by atoms with E-state index in [1.165, 1.54) is 24.3 Å². The van der Waals surface area contributed by atoms with Gasteiger partial charge in [-0.25, -0.2) is 8.42 Å². The van der Waals surface area contributed by atoms with Crippen LogP contribution in [0.5, 0.6) is 0 Å². The van der Waals surface area contributed by atoms with Gasteiger partial charge < -0.3 is 4.52 Å². The van der Waals surface area contributed by atoms with Gasteiger partial charge >= 0.3 is 0 Å². The van der Waals surface area contributed by atoms with Gasteiger partial charge in [0.2, 0.25) is 0 Å². The lowest BCUT2D eigenvalue weighted by molar-refractivity contribution is 0.435. The van der Waals surface area contributed by atoms with Crippen molar-refractivity contribution in [3.63, 3.8) is 0 Å². The fourth-order valence-electron chi connectivity index (χ4n) is 1.99. The Hall–Kier alpha value is -1.73. The highest BCUT2D eigenvalue weighted by Crippen LogP contribution is 2.31. The van der Waals surface area contributed by atoms with Gasteiger partial charge in [-0.3, -0.25) is 4.72 Å². The van der Waals surface area contributed by atoms with Gasteiger partial charge in [-0.15, -0.1) is 0 Å². The van der Waals surface area contributed by atoms with Gasteiger partial charge in [0.05, 0.1) is 10.0 Å². The molecule has 1 N–H and O–H groups in total. The van der Waals surface area contributed by atoms with Crippen molar-refractivity contribution in [3.05, 3.63) is 63.6 Å². The maximum atomic E-state index is 12.4. The van der Waals surface area contributed by atoms with E-state index >= 15 is 0 Å². The highest BCUT2D eigenvalue weighted by atomic mass is 35.5. The standard InChI is InChI=1S/C15H9Cl3N2O3S/c16-9-5-6-12(18)14(7-9)24(21,22)20-15-8-13(23-19-15)10-3-1-2-4-11(10)17/h1-8H,(H,19,20). The zero-order valence-corrected chi connectivity index (χ0v) is 14.9. The quantitative estimate of drug-likeness (QED) is 0.657. The van der Waals surface area contributed by atoms with Crippen LogP contribution in [0.1, 0.15) is 0 Å². The molecule has 0 unspecified atom stereocenters. The highest BCUT2D eigenvalue weighted by Gasteiger charge is 2.21. The SMILES string of the molecule is O=S(=O)(Nc1cc(-c2ccccc2Cl)on1)c1cc(Cl)ccc1Cl. The van der Waals surface area contributed by atoms with Crippen molar-refractivity contribution in [1.29, 1.82) is 0 Å². The van der Waals surface area contributed by atoms with Crippen LogP contribution < -0.4 is 4.72 Å². The third-order valence-electron chi connectivity index (χ3n) is 3.07. The van der Waals surface area contributed by atoms with Crippen LogP contribution in [0, 0.1) is 0 Å². The summed E-state index contributed by atoms with van der Waals surface area (Å²) in [7, 11) is -3.97. The molecule has 1 aromatic heterocycles. The van der Waals surface area contributed by atoms with Crippen LogP contribution in [0.4, 0.5) is 5.82 Å². The molecule has 9 heteroatoms. The van der Waals surface area contributed by atoms with Crippen molar-refractivity contribution in [2.45, 2.75) is 4.90 Å². The molecule has 2 aromatic carbocycles. The Morgan fingerprint density at radius 3 is 2.46 bits per heavy atom. The van der Waals surface area contributed by atoms with Crippen molar-refractivity contribution in [2.75, 3.05) is 4.72 Å². The second-order valence-electron chi connectivity index (χ2n) is 4.74. The fraction of sp³-hybridized carbons (Fsp3) is 0. The number of anilines is 1. The Morgan fingerprint density at radius 1 is 0.958 bits per heavy atom. The Morgan fingerprint density at radius 2 is 1.71 bits per heavy atom. The highest BCUT2D eigenvalue weighted by molar-refractivity contribution is 7.92.